The second-order valence-electron chi connectivity index (χ2n) is 5.73. The van der Waals surface area contributed by atoms with E-state index in [1.165, 1.54) is 25.7 Å². The minimum absolute atomic E-state index is 0.309. The monoisotopic (exact) mass is 290 g/mol. The van der Waals surface area contributed by atoms with Crippen LogP contribution in [0.4, 0.5) is 11.4 Å². The maximum absolute atomic E-state index is 12.1. The van der Waals surface area contributed by atoms with E-state index in [9.17, 15) is 4.79 Å². The van der Waals surface area contributed by atoms with Crippen molar-refractivity contribution in [3.05, 3.63) is 23.8 Å². The lowest BCUT2D eigenvalue weighted by Crippen LogP contribution is -2.32. The Morgan fingerprint density at radius 3 is 2.81 bits per heavy atom. The van der Waals surface area contributed by atoms with Crippen molar-refractivity contribution in [2.75, 3.05) is 17.7 Å². The van der Waals surface area contributed by atoms with Crippen molar-refractivity contribution < 1.29 is 9.53 Å². The average molecular weight is 290 g/mol. The topological polar surface area (TPSA) is 64.3 Å². The van der Waals surface area contributed by atoms with Gasteiger partial charge in [0.2, 0.25) is 0 Å². The van der Waals surface area contributed by atoms with Gasteiger partial charge in [-0.1, -0.05) is 26.2 Å². The van der Waals surface area contributed by atoms with E-state index in [1.54, 1.807) is 6.07 Å². The Balaban J connectivity index is 2.20. The molecule has 0 aromatic heterocycles. The highest BCUT2D eigenvalue weighted by molar-refractivity contribution is 5.96. The average Bonchev–Trinajstić information content (AvgIpc) is 2.49. The van der Waals surface area contributed by atoms with Gasteiger partial charge in [0, 0.05) is 17.4 Å². The fourth-order valence-electron chi connectivity index (χ4n) is 3.15. The molecule has 0 radical (unpaired) electrons. The minimum atomic E-state index is -0.309. The summed E-state index contributed by atoms with van der Waals surface area (Å²) < 4.78 is 5.13. The molecule has 0 amide bonds. The zero-order valence-corrected chi connectivity index (χ0v) is 13.0. The minimum Gasteiger partial charge on any atom is -0.462 e. The molecule has 116 valence electrons. The Labute approximate surface area is 127 Å². The molecule has 1 aliphatic carbocycles. The van der Waals surface area contributed by atoms with E-state index in [-0.39, 0.29) is 5.97 Å². The van der Waals surface area contributed by atoms with Crippen LogP contribution in [0, 0.1) is 5.92 Å². The first-order valence-corrected chi connectivity index (χ1v) is 7.98. The van der Waals surface area contributed by atoms with Crippen LogP contribution < -0.4 is 11.1 Å². The molecule has 0 saturated heterocycles. The molecule has 2 unspecified atom stereocenters. The van der Waals surface area contributed by atoms with Gasteiger partial charge in [0.1, 0.15) is 0 Å². The van der Waals surface area contributed by atoms with Crippen LogP contribution in [-0.2, 0) is 4.74 Å². The van der Waals surface area contributed by atoms with Gasteiger partial charge in [0.25, 0.3) is 0 Å². The number of ether oxygens (including phenoxy) is 1. The van der Waals surface area contributed by atoms with Gasteiger partial charge in [-0.3, -0.25) is 0 Å². The van der Waals surface area contributed by atoms with Crippen LogP contribution in [0.25, 0.3) is 0 Å². The lowest BCUT2D eigenvalue weighted by molar-refractivity contribution is 0.0527. The van der Waals surface area contributed by atoms with Crippen LogP contribution in [-0.4, -0.2) is 18.6 Å². The molecule has 1 aromatic carbocycles. The summed E-state index contributed by atoms with van der Waals surface area (Å²) in [5.41, 5.74) is 7.78. The van der Waals surface area contributed by atoms with E-state index in [1.807, 2.05) is 19.1 Å². The molecule has 21 heavy (non-hydrogen) atoms. The number of hydrogen-bond donors (Lipinski definition) is 2. The van der Waals surface area contributed by atoms with E-state index in [4.69, 9.17) is 10.5 Å². The van der Waals surface area contributed by atoms with Crippen molar-refractivity contribution in [1.29, 1.82) is 0 Å². The van der Waals surface area contributed by atoms with Crippen molar-refractivity contribution in [3.63, 3.8) is 0 Å². The molecule has 2 rings (SSSR count). The van der Waals surface area contributed by atoms with Crippen molar-refractivity contribution in [2.24, 2.45) is 5.92 Å². The van der Waals surface area contributed by atoms with Gasteiger partial charge < -0.3 is 15.8 Å². The number of benzene rings is 1. The molecular weight excluding hydrogens is 264 g/mol. The number of nitrogen functional groups attached to an aromatic ring is 1. The molecular formula is C17H26N2O2. The highest BCUT2D eigenvalue weighted by Crippen LogP contribution is 2.31. The summed E-state index contributed by atoms with van der Waals surface area (Å²) >= 11 is 0. The second kappa shape index (κ2) is 7.34. The maximum atomic E-state index is 12.1. The van der Waals surface area contributed by atoms with Crippen LogP contribution in [0.1, 0.15) is 56.3 Å². The zero-order chi connectivity index (χ0) is 15.2. The van der Waals surface area contributed by atoms with Crippen LogP contribution in [0.15, 0.2) is 18.2 Å². The number of anilines is 2. The van der Waals surface area contributed by atoms with E-state index >= 15 is 0 Å². The van der Waals surface area contributed by atoms with Gasteiger partial charge in [-0.2, -0.15) is 0 Å². The Hall–Kier alpha value is -1.71. The predicted molar refractivity (Wildman–Crippen MR) is 86.5 cm³/mol. The summed E-state index contributed by atoms with van der Waals surface area (Å²) in [6.45, 7) is 4.42. The lowest BCUT2D eigenvalue weighted by atomic mass is 9.82. The first-order chi connectivity index (χ1) is 10.2. The maximum Gasteiger partial charge on any atom is 0.340 e. The lowest BCUT2D eigenvalue weighted by Gasteiger charge is -2.32. The van der Waals surface area contributed by atoms with Gasteiger partial charge >= 0.3 is 5.97 Å². The van der Waals surface area contributed by atoms with Gasteiger partial charge in [-0.25, -0.2) is 4.79 Å². The Morgan fingerprint density at radius 2 is 2.10 bits per heavy atom. The Bertz CT molecular complexity index is 488. The Morgan fingerprint density at radius 1 is 1.33 bits per heavy atom. The SMILES string of the molecule is CCOC(=O)c1cc(N)ccc1NC1CCCCC1CC. The fraction of sp³-hybridized carbons (Fsp3) is 0.588. The molecule has 0 heterocycles. The molecule has 4 nitrogen and oxygen atoms in total. The van der Waals surface area contributed by atoms with E-state index in [2.05, 4.69) is 12.2 Å². The highest BCUT2D eigenvalue weighted by atomic mass is 16.5. The van der Waals surface area contributed by atoms with Gasteiger partial charge in [-0.05, 0) is 43.9 Å². The van der Waals surface area contributed by atoms with Crippen molar-refractivity contribution in [3.8, 4) is 0 Å². The van der Waals surface area contributed by atoms with E-state index < -0.39 is 0 Å². The third-order valence-corrected chi connectivity index (χ3v) is 4.31. The van der Waals surface area contributed by atoms with Crippen LogP contribution in [0.5, 0.6) is 0 Å². The molecule has 1 aromatic rings. The number of hydrogen-bond acceptors (Lipinski definition) is 4. The standard InChI is InChI=1S/C17H26N2O2/c1-3-12-7-5-6-8-15(12)19-16-10-9-13(18)11-14(16)17(20)21-4-2/h9-12,15,19H,3-8,18H2,1-2H3. The summed E-state index contributed by atoms with van der Waals surface area (Å²) in [5, 5.41) is 3.56. The van der Waals surface area contributed by atoms with Crippen molar-refractivity contribution in [2.45, 2.75) is 52.0 Å². The van der Waals surface area contributed by atoms with Gasteiger partial charge in [-0.15, -0.1) is 0 Å². The number of rotatable bonds is 5. The van der Waals surface area contributed by atoms with Gasteiger partial charge in [0.15, 0.2) is 0 Å². The highest BCUT2D eigenvalue weighted by Gasteiger charge is 2.25. The largest absolute Gasteiger partial charge is 0.462 e. The molecule has 0 spiro atoms. The number of carbonyl (C=O) groups is 1. The second-order valence-corrected chi connectivity index (χ2v) is 5.73. The molecule has 1 fully saturated rings. The van der Waals surface area contributed by atoms with Crippen LogP contribution in [0.3, 0.4) is 0 Å². The zero-order valence-electron chi connectivity index (χ0n) is 13.0. The third kappa shape index (κ3) is 3.90. The summed E-state index contributed by atoms with van der Waals surface area (Å²) in [7, 11) is 0. The fourth-order valence-corrected chi connectivity index (χ4v) is 3.15. The van der Waals surface area contributed by atoms with Crippen molar-refractivity contribution in [1.82, 2.24) is 0 Å². The molecule has 0 aliphatic heterocycles. The summed E-state index contributed by atoms with van der Waals surface area (Å²) in [6.07, 6.45) is 6.14. The van der Waals surface area contributed by atoms with E-state index in [0.29, 0.717) is 29.8 Å². The molecule has 1 saturated carbocycles. The summed E-state index contributed by atoms with van der Waals surface area (Å²) in [6, 6.07) is 5.85. The number of nitrogens with two attached hydrogens (primary N) is 1. The van der Waals surface area contributed by atoms with Crippen molar-refractivity contribution >= 4 is 17.3 Å². The van der Waals surface area contributed by atoms with Gasteiger partial charge in [0.05, 0.1) is 12.2 Å². The molecule has 3 N–H and O–H groups in total. The first-order valence-electron chi connectivity index (χ1n) is 7.98. The Kier molecular flexibility index (Phi) is 5.48. The predicted octanol–water partition coefficient (Wildman–Crippen LogP) is 3.83. The normalized spacial score (nSPS) is 21.8. The quantitative estimate of drug-likeness (QED) is 0.639. The molecule has 1 aliphatic rings. The first kappa shape index (κ1) is 15.7. The number of esters is 1. The molecule has 4 heteroatoms. The van der Waals surface area contributed by atoms with Crippen LogP contribution >= 0.6 is 0 Å². The molecule has 2 atom stereocenters. The molecule has 0 bridgehead atoms. The van der Waals surface area contributed by atoms with E-state index in [0.717, 1.165) is 12.1 Å². The number of nitrogens with one attached hydrogen (secondary N) is 1. The number of carbonyl (C=O) groups excluding carboxylic acids is 1. The summed E-state index contributed by atoms with van der Waals surface area (Å²) in [4.78, 5) is 12.1. The summed E-state index contributed by atoms with van der Waals surface area (Å²) in [5.74, 6) is 0.363. The van der Waals surface area contributed by atoms with Crippen LogP contribution in [0.2, 0.25) is 0 Å². The third-order valence-electron chi connectivity index (χ3n) is 4.31. The smallest absolute Gasteiger partial charge is 0.340 e.